The molecule has 0 fully saturated rings. The third-order valence-electron chi connectivity index (χ3n) is 3.43. The summed E-state index contributed by atoms with van der Waals surface area (Å²) in [6.45, 7) is 10.1. The zero-order chi connectivity index (χ0) is 13.3. The van der Waals surface area contributed by atoms with Gasteiger partial charge in [0.05, 0.1) is 0 Å². The van der Waals surface area contributed by atoms with Crippen molar-refractivity contribution in [1.82, 2.24) is 5.32 Å². The maximum Gasteiger partial charge on any atom is 0.0349 e. The van der Waals surface area contributed by atoms with Gasteiger partial charge in [-0.15, -0.1) is 11.3 Å². The highest BCUT2D eigenvalue weighted by molar-refractivity contribution is 7.19. The first-order valence-corrected chi connectivity index (χ1v) is 7.48. The average Bonchev–Trinajstić information content (AvgIpc) is 2.64. The van der Waals surface area contributed by atoms with E-state index in [1.54, 1.807) is 0 Å². The quantitative estimate of drug-likeness (QED) is 0.859. The molecule has 2 aromatic rings. The Balaban J connectivity index is 2.61. The summed E-state index contributed by atoms with van der Waals surface area (Å²) in [5, 5.41) is 4.73. The van der Waals surface area contributed by atoms with Crippen LogP contribution in [0.2, 0.25) is 0 Å². The molecule has 0 radical (unpaired) electrons. The molecule has 0 atom stereocenters. The molecule has 1 aromatic heterocycles. The lowest BCUT2D eigenvalue weighted by Gasteiger charge is -2.19. The fraction of sp³-hybridized carbons (Fsp3) is 0.500. The Kier molecular flexibility index (Phi) is 3.79. The molecule has 2 heteroatoms. The molecule has 0 saturated heterocycles. The van der Waals surface area contributed by atoms with E-state index in [1.807, 2.05) is 18.4 Å². The number of hydrogen-bond donors (Lipinski definition) is 1. The van der Waals surface area contributed by atoms with Gasteiger partial charge in [-0.25, -0.2) is 0 Å². The number of thiophene rings is 1. The highest BCUT2D eigenvalue weighted by Crippen LogP contribution is 2.35. The minimum Gasteiger partial charge on any atom is -0.315 e. The van der Waals surface area contributed by atoms with Crippen molar-refractivity contribution in [2.45, 2.75) is 46.1 Å². The van der Waals surface area contributed by atoms with E-state index in [4.69, 9.17) is 0 Å². The molecule has 0 unspecified atom stereocenters. The number of fused-ring (bicyclic) bond motifs is 1. The van der Waals surface area contributed by atoms with Crippen LogP contribution in [0.25, 0.3) is 10.1 Å². The lowest BCUT2D eigenvalue weighted by molar-refractivity contribution is 0.591. The van der Waals surface area contributed by atoms with Gasteiger partial charge in [-0.2, -0.15) is 0 Å². The van der Waals surface area contributed by atoms with Crippen molar-refractivity contribution in [3.8, 4) is 0 Å². The topological polar surface area (TPSA) is 12.0 Å². The smallest absolute Gasteiger partial charge is 0.0349 e. The number of benzene rings is 1. The van der Waals surface area contributed by atoms with Crippen molar-refractivity contribution in [2.24, 2.45) is 0 Å². The predicted octanol–water partition coefficient (Wildman–Crippen LogP) is 4.48. The van der Waals surface area contributed by atoms with Gasteiger partial charge < -0.3 is 5.32 Å². The van der Waals surface area contributed by atoms with Crippen molar-refractivity contribution >= 4 is 21.4 Å². The highest BCUT2D eigenvalue weighted by atomic mass is 32.1. The summed E-state index contributed by atoms with van der Waals surface area (Å²) < 4.78 is 1.42. The summed E-state index contributed by atoms with van der Waals surface area (Å²) in [6.07, 6.45) is 1.12. The SMILES string of the molecule is CCc1c(CNC)sc2ccc(C(C)(C)C)cc12. The summed E-state index contributed by atoms with van der Waals surface area (Å²) in [4.78, 5) is 1.49. The molecule has 0 spiro atoms. The Labute approximate surface area is 114 Å². The van der Waals surface area contributed by atoms with Crippen LogP contribution in [-0.2, 0) is 18.4 Å². The van der Waals surface area contributed by atoms with E-state index < -0.39 is 0 Å². The van der Waals surface area contributed by atoms with Crippen LogP contribution in [0, 0.1) is 0 Å². The molecule has 1 heterocycles. The van der Waals surface area contributed by atoms with Crippen molar-refractivity contribution in [3.05, 3.63) is 34.2 Å². The summed E-state index contributed by atoms with van der Waals surface area (Å²) in [5.74, 6) is 0. The molecule has 1 aromatic carbocycles. The van der Waals surface area contributed by atoms with Crippen LogP contribution in [0.3, 0.4) is 0 Å². The van der Waals surface area contributed by atoms with Crippen molar-refractivity contribution in [2.75, 3.05) is 7.05 Å². The lowest BCUT2D eigenvalue weighted by Crippen LogP contribution is -2.10. The lowest BCUT2D eigenvalue weighted by atomic mass is 9.86. The first kappa shape index (κ1) is 13.6. The molecule has 0 saturated carbocycles. The second-order valence-corrected chi connectivity index (χ2v) is 6.99. The van der Waals surface area contributed by atoms with Crippen LogP contribution in [0.1, 0.15) is 43.7 Å². The minimum atomic E-state index is 0.226. The van der Waals surface area contributed by atoms with Gasteiger partial charge in [0, 0.05) is 16.1 Å². The van der Waals surface area contributed by atoms with Gasteiger partial charge in [0.25, 0.3) is 0 Å². The fourth-order valence-electron chi connectivity index (χ4n) is 2.36. The number of rotatable bonds is 3. The Morgan fingerprint density at radius 2 is 1.94 bits per heavy atom. The molecule has 0 amide bonds. The predicted molar refractivity (Wildman–Crippen MR) is 82.7 cm³/mol. The second-order valence-electron chi connectivity index (χ2n) is 5.85. The largest absolute Gasteiger partial charge is 0.315 e. The van der Waals surface area contributed by atoms with Crippen LogP contribution in [0.15, 0.2) is 18.2 Å². The summed E-state index contributed by atoms with van der Waals surface area (Å²) in [5.41, 5.74) is 3.18. The van der Waals surface area contributed by atoms with E-state index in [9.17, 15) is 0 Å². The molecule has 18 heavy (non-hydrogen) atoms. The number of nitrogens with one attached hydrogen (secondary N) is 1. The van der Waals surface area contributed by atoms with Crippen LogP contribution >= 0.6 is 11.3 Å². The third-order valence-corrected chi connectivity index (χ3v) is 4.64. The van der Waals surface area contributed by atoms with Crippen molar-refractivity contribution < 1.29 is 0 Å². The Bertz CT molecular complexity index is 546. The van der Waals surface area contributed by atoms with Gasteiger partial charge in [-0.1, -0.05) is 33.8 Å². The van der Waals surface area contributed by atoms with Crippen molar-refractivity contribution in [3.63, 3.8) is 0 Å². The van der Waals surface area contributed by atoms with Gasteiger partial charge in [-0.05, 0) is 47.5 Å². The highest BCUT2D eigenvalue weighted by Gasteiger charge is 2.16. The first-order valence-electron chi connectivity index (χ1n) is 6.66. The van der Waals surface area contributed by atoms with E-state index in [0.29, 0.717) is 0 Å². The zero-order valence-electron chi connectivity index (χ0n) is 12.1. The van der Waals surface area contributed by atoms with Crippen LogP contribution in [0.5, 0.6) is 0 Å². The maximum absolute atomic E-state index is 3.27. The summed E-state index contributed by atoms with van der Waals surface area (Å²) in [7, 11) is 2.02. The van der Waals surface area contributed by atoms with Gasteiger partial charge in [0.1, 0.15) is 0 Å². The fourth-order valence-corrected chi connectivity index (χ4v) is 3.64. The van der Waals surface area contributed by atoms with Gasteiger partial charge in [0.2, 0.25) is 0 Å². The van der Waals surface area contributed by atoms with Crippen LogP contribution in [0.4, 0.5) is 0 Å². The molecule has 98 valence electrons. The average molecular weight is 261 g/mol. The van der Waals surface area contributed by atoms with E-state index in [-0.39, 0.29) is 5.41 Å². The number of aryl methyl sites for hydroxylation is 1. The molecule has 1 N–H and O–H groups in total. The molecular weight excluding hydrogens is 238 g/mol. The standard InChI is InChI=1S/C16H23NS/c1-6-12-13-9-11(16(2,3)4)7-8-14(13)18-15(12)10-17-5/h7-9,17H,6,10H2,1-5H3. The minimum absolute atomic E-state index is 0.226. The maximum atomic E-state index is 3.27. The Morgan fingerprint density at radius 1 is 1.22 bits per heavy atom. The molecule has 0 aliphatic carbocycles. The third kappa shape index (κ3) is 2.45. The van der Waals surface area contributed by atoms with E-state index in [1.165, 1.54) is 26.1 Å². The van der Waals surface area contributed by atoms with Crippen LogP contribution < -0.4 is 5.32 Å². The molecular formula is C16H23NS. The van der Waals surface area contributed by atoms with Gasteiger partial charge >= 0.3 is 0 Å². The Hall–Kier alpha value is -0.860. The molecule has 0 aliphatic heterocycles. The number of hydrogen-bond acceptors (Lipinski definition) is 2. The second kappa shape index (κ2) is 5.02. The zero-order valence-corrected chi connectivity index (χ0v) is 12.9. The molecule has 1 nitrogen and oxygen atoms in total. The Morgan fingerprint density at radius 3 is 2.50 bits per heavy atom. The van der Waals surface area contributed by atoms with E-state index >= 15 is 0 Å². The molecule has 0 bridgehead atoms. The first-order chi connectivity index (χ1) is 8.47. The van der Waals surface area contributed by atoms with Crippen molar-refractivity contribution in [1.29, 1.82) is 0 Å². The van der Waals surface area contributed by atoms with Crippen LogP contribution in [-0.4, -0.2) is 7.05 Å². The molecule has 2 rings (SSSR count). The van der Waals surface area contributed by atoms with Gasteiger partial charge in [0.15, 0.2) is 0 Å². The monoisotopic (exact) mass is 261 g/mol. The normalized spacial score (nSPS) is 12.3. The van der Waals surface area contributed by atoms with E-state index in [0.717, 1.165) is 13.0 Å². The summed E-state index contributed by atoms with van der Waals surface area (Å²) >= 11 is 1.93. The summed E-state index contributed by atoms with van der Waals surface area (Å²) in [6, 6.07) is 6.96. The molecule has 0 aliphatic rings. The van der Waals surface area contributed by atoms with E-state index in [2.05, 4.69) is 51.2 Å². The van der Waals surface area contributed by atoms with Gasteiger partial charge in [-0.3, -0.25) is 0 Å².